The van der Waals surface area contributed by atoms with E-state index in [1.165, 1.54) is 11.1 Å². The summed E-state index contributed by atoms with van der Waals surface area (Å²) >= 11 is 0. The SMILES string of the molecule is Cc1ccc(C)c(C2=NCCO2)c1. The van der Waals surface area contributed by atoms with Crippen LogP contribution in [-0.4, -0.2) is 19.0 Å². The van der Waals surface area contributed by atoms with Gasteiger partial charge in [-0.2, -0.15) is 0 Å². The van der Waals surface area contributed by atoms with Crippen LogP contribution in [0.15, 0.2) is 23.2 Å². The zero-order chi connectivity index (χ0) is 9.26. The molecule has 68 valence electrons. The van der Waals surface area contributed by atoms with Crippen LogP contribution in [-0.2, 0) is 4.74 Å². The highest BCUT2D eigenvalue weighted by atomic mass is 16.5. The largest absolute Gasteiger partial charge is 0.476 e. The van der Waals surface area contributed by atoms with Gasteiger partial charge in [0.25, 0.3) is 0 Å². The molecule has 0 fully saturated rings. The van der Waals surface area contributed by atoms with Gasteiger partial charge in [-0.25, -0.2) is 4.99 Å². The second-order valence-electron chi connectivity index (χ2n) is 3.35. The van der Waals surface area contributed by atoms with Gasteiger partial charge in [0.05, 0.1) is 6.54 Å². The molecule has 0 saturated heterocycles. The number of hydrogen-bond donors (Lipinski definition) is 0. The third kappa shape index (κ3) is 1.57. The van der Waals surface area contributed by atoms with Crippen molar-refractivity contribution in [2.45, 2.75) is 13.8 Å². The average molecular weight is 175 g/mol. The van der Waals surface area contributed by atoms with Gasteiger partial charge in [-0.3, -0.25) is 0 Å². The molecule has 2 heteroatoms. The average Bonchev–Trinajstić information content (AvgIpc) is 2.61. The van der Waals surface area contributed by atoms with Crippen molar-refractivity contribution >= 4 is 5.90 Å². The number of ether oxygens (including phenoxy) is 1. The first-order valence-corrected chi connectivity index (χ1v) is 4.52. The van der Waals surface area contributed by atoms with Crippen molar-refractivity contribution in [3.8, 4) is 0 Å². The molecule has 0 aromatic heterocycles. The Kier molecular flexibility index (Phi) is 2.05. The first-order valence-electron chi connectivity index (χ1n) is 4.52. The Balaban J connectivity index is 2.43. The van der Waals surface area contributed by atoms with Crippen LogP contribution in [0.2, 0.25) is 0 Å². The monoisotopic (exact) mass is 175 g/mol. The molecule has 0 amide bonds. The fraction of sp³-hybridized carbons (Fsp3) is 0.364. The van der Waals surface area contributed by atoms with Gasteiger partial charge in [0.2, 0.25) is 5.90 Å². The lowest BCUT2D eigenvalue weighted by Crippen LogP contribution is -2.03. The minimum Gasteiger partial charge on any atom is -0.476 e. The van der Waals surface area contributed by atoms with Crippen LogP contribution in [0, 0.1) is 13.8 Å². The predicted octanol–water partition coefficient (Wildman–Crippen LogP) is 2.08. The maximum Gasteiger partial charge on any atom is 0.216 e. The standard InChI is InChI=1S/C11H13NO/c1-8-3-4-9(2)10(7-8)11-12-5-6-13-11/h3-4,7H,5-6H2,1-2H3. The zero-order valence-electron chi connectivity index (χ0n) is 8.00. The lowest BCUT2D eigenvalue weighted by molar-refractivity contribution is 0.348. The van der Waals surface area contributed by atoms with Gasteiger partial charge >= 0.3 is 0 Å². The topological polar surface area (TPSA) is 21.6 Å². The molecular formula is C11H13NO. The molecular weight excluding hydrogens is 162 g/mol. The van der Waals surface area contributed by atoms with Crippen molar-refractivity contribution in [3.05, 3.63) is 34.9 Å². The quantitative estimate of drug-likeness (QED) is 0.640. The molecule has 1 aromatic carbocycles. The number of nitrogens with zero attached hydrogens (tertiary/aromatic N) is 1. The Morgan fingerprint density at radius 2 is 2.15 bits per heavy atom. The Hall–Kier alpha value is -1.31. The van der Waals surface area contributed by atoms with Gasteiger partial charge in [0.1, 0.15) is 6.61 Å². The first kappa shape index (κ1) is 8.30. The van der Waals surface area contributed by atoms with Crippen LogP contribution in [0.3, 0.4) is 0 Å². The Bertz CT molecular complexity index is 355. The van der Waals surface area contributed by atoms with Crippen molar-refractivity contribution in [2.75, 3.05) is 13.2 Å². The molecule has 0 radical (unpaired) electrons. The van der Waals surface area contributed by atoms with E-state index in [2.05, 4.69) is 37.0 Å². The molecule has 0 saturated carbocycles. The molecule has 2 rings (SSSR count). The third-order valence-corrected chi connectivity index (χ3v) is 2.21. The van der Waals surface area contributed by atoms with E-state index in [0.717, 1.165) is 24.6 Å². The van der Waals surface area contributed by atoms with Gasteiger partial charge in [-0.1, -0.05) is 17.7 Å². The van der Waals surface area contributed by atoms with Crippen molar-refractivity contribution in [1.29, 1.82) is 0 Å². The smallest absolute Gasteiger partial charge is 0.216 e. The summed E-state index contributed by atoms with van der Waals surface area (Å²) in [5.74, 6) is 0.807. The zero-order valence-corrected chi connectivity index (χ0v) is 8.00. The van der Waals surface area contributed by atoms with E-state index in [1.54, 1.807) is 0 Å². The summed E-state index contributed by atoms with van der Waals surface area (Å²) in [6.45, 7) is 5.68. The van der Waals surface area contributed by atoms with Crippen LogP contribution in [0.4, 0.5) is 0 Å². The Morgan fingerprint density at radius 1 is 1.31 bits per heavy atom. The summed E-state index contributed by atoms with van der Waals surface area (Å²) in [5, 5.41) is 0. The highest BCUT2D eigenvalue weighted by Crippen LogP contribution is 2.14. The number of hydrogen-bond acceptors (Lipinski definition) is 2. The molecule has 13 heavy (non-hydrogen) atoms. The molecule has 0 bridgehead atoms. The number of aryl methyl sites for hydroxylation is 2. The predicted molar refractivity (Wildman–Crippen MR) is 53.3 cm³/mol. The molecule has 1 heterocycles. The van der Waals surface area contributed by atoms with Crippen LogP contribution in [0.1, 0.15) is 16.7 Å². The van der Waals surface area contributed by atoms with Crippen molar-refractivity contribution < 1.29 is 4.74 Å². The van der Waals surface area contributed by atoms with E-state index in [0.29, 0.717) is 0 Å². The maximum atomic E-state index is 5.42. The minimum absolute atomic E-state index is 0.725. The number of rotatable bonds is 1. The minimum atomic E-state index is 0.725. The second-order valence-corrected chi connectivity index (χ2v) is 3.35. The summed E-state index contributed by atoms with van der Waals surface area (Å²) < 4.78 is 5.42. The molecule has 0 atom stereocenters. The van der Waals surface area contributed by atoms with Gasteiger partial charge in [-0.05, 0) is 25.5 Å². The van der Waals surface area contributed by atoms with Crippen molar-refractivity contribution in [1.82, 2.24) is 0 Å². The van der Waals surface area contributed by atoms with E-state index < -0.39 is 0 Å². The molecule has 1 aliphatic heterocycles. The fourth-order valence-corrected chi connectivity index (χ4v) is 1.46. The molecule has 0 unspecified atom stereocenters. The summed E-state index contributed by atoms with van der Waals surface area (Å²) in [6.07, 6.45) is 0. The molecule has 0 aliphatic carbocycles. The molecule has 0 N–H and O–H groups in total. The maximum absolute atomic E-state index is 5.42. The number of aliphatic imine (C=N–C) groups is 1. The van der Waals surface area contributed by atoms with Crippen LogP contribution < -0.4 is 0 Å². The van der Waals surface area contributed by atoms with Gasteiger partial charge in [-0.15, -0.1) is 0 Å². The fourth-order valence-electron chi connectivity index (χ4n) is 1.46. The Morgan fingerprint density at radius 3 is 2.85 bits per heavy atom. The molecule has 1 aromatic rings. The highest BCUT2D eigenvalue weighted by Gasteiger charge is 2.12. The molecule has 1 aliphatic rings. The van der Waals surface area contributed by atoms with Crippen LogP contribution in [0.25, 0.3) is 0 Å². The highest BCUT2D eigenvalue weighted by molar-refractivity contribution is 5.96. The summed E-state index contributed by atoms with van der Waals surface area (Å²) in [7, 11) is 0. The van der Waals surface area contributed by atoms with E-state index in [9.17, 15) is 0 Å². The lowest BCUT2D eigenvalue weighted by Gasteiger charge is -2.06. The van der Waals surface area contributed by atoms with E-state index in [1.807, 2.05) is 0 Å². The lowest BCUT2D eigenvalue weighted by atomic mass is 10.1. The summed E-state index contributed by atoms with van der Waals surface area (Å²) in [5.41, 5.74) is 3.61. The van der Waals surface area contributed by atoms with Gasteiger partial charge in [0, 0.05) is 5.56 Å². The van der Waals surface area contributed by atoms with E-state index in [-0.39, 0.29) is 0 Å². The van der Waals surface area contributed by atoms with Gasteiger partial charge in [0.15, 0.2) is 0 Å². The molecule has 0 spiro atoms. The van der Waals surface area contributed by atoms with E-state index >= 15 is 0 Å². The molecule has 2 nitrogen and oxygen atoms in total. The third-order valence-electron chi connectivity index (χ3n) is 2.21. The normalized spacial score (nSPS) is 15.4. The summed E-state index contributed by atoms with van der Waals surface area (Å²) in [4.78, 5) is 4.30. The van der Waals surface area contributed by atoms with E-state index in [4.69, 9.17) is 4.74 Å². The van der Waals surface area contributed by atoms with Crippen molar-refractivity contribution in [2.24, 2.45) is 4.99 Å². The van der Waals surface area contributed by atoms with Gasteiger partial charge < -0.3 is 4.74 Å². The summed E-state index contributed by atoms with van der Waals surface area (Å²) in [6, 6.07) is 6.34. The van der Waals surface area contributed by atoms with Crippen molar-refractivity contribution in [3.63, 3.8) is 0 Å². The second kappa shape index (κ2) is 3.21. The van der Waals surface area contributed by atoms with Crippen LogP contribution in [0.5, 0.6) is 0 Å². The number of benzene rings is 1. The first-order chi connectivity index (χ1) is 6.27. The Labute approximate surface area is 78.3 Å². The van der Waals surface area contributed by atoms with Crippen LogP contribution >= 0.6 is 0 Å².